The number of ether oxygens (including phenoxy) is 1. The van der Waals surface area contributed by atoms with Gasteiger partial charge in [0.15, 0.2) is 10.9 Å². The van der Waals surface area contributed by atoms with Crippen LogP contribution in [0.1, 0.15) is 17.0 Å². The van der Waals surface area contributed by atoms with Crippen LogP contribution in [0.2, 0.25) is 0 Å². The fourth-order valence-corrected chi connectivity index (χ4v) is 3.79. The number of nitrogens with zero attached hydrogens (tertiary/aromatic N) is 1. The molecule has 4 aromatic rings. The van der Waals surface area contributed by atoms with E-state index in [1.165, 1.54) is 0 Å². The van der Waals surface area contributed by atoms with Gasteiger partial charge in [-0.05, 0) is 36.2 Å². The summed E-state index contributed by atoms with van der Waals surface area (Å²) in [6, 6.07) is 25.6. The lowest BCUT2D eigenvalue weighted by atomic mass is 10.1. The van der Waals surface area contributed by atoms with Crippen LogP contribution >= 0.6 is 12.2 Å². The van der Waals surface area contributed by atoms with Crippen molar-refractivity contribution in [2.75, 3.05) is 5.32 Å². The number of aryl methyl sites for hydroxylation is 1. The molecule has 0 saturated carbocycles. The number of thiocarbonyl (C=S) groups is 1. The summed E-state index contributed by atoms with van der Waals surface area (Å²) in [5, 5.41) is 9.20. The summed E-state index contributed by atoms with van der Waals surface area (Å²) in [4.78, 5) is 12.7. The van der Waals surface area contributed by atoms with E-state index < -0.39 is 0 Å². The van der Waals surface area contributed by atoms with Crippen LogP contribution in [-0.2, 0) is 20.2 Å². The fraction of sp³-hybridized carbons (Fsp3) is 0.154. The molecule has 0 aliphatic carbocycles. The highest BCUT2D eigenvalue weighted by Gasteiger charge is 2.14. The lowest BCUT2D eigenvalue weighted by Crippen LogP contribution is -2.30. The van der Waals surface area contributed by atoms with Crippen molar-refractivity contribution in [3.8, 4) is 5.75 Å². The summed E-state index contributed by atoms with van der Waals surface area (Å²) >= 11 is 5.54. The maximum atomic E-state index is 12.7. The average molecular weight is 444 g/mol. The summed E-state index contributed by atoms with van der Waals surface area (Å²) in [6.45, 7) is 2.58. The highest BCUT2D eigenvalue weighted by atomic mass is 32.1. The Morgan fingerprint density at radius 1 is 1.00 bits per heavy atom. The average Bonchev–Trinajstić information content (AvgIpc) is 2.80. The molecule has 5 nitrogen and oxygen atoms in total. The molecule has 0 radical (unpaired) electrons. The van der Waals surface area contributed by atoms with Crippen molar-refractivity contribution in [3.63, 3.8) is 0 Å². The minimum absolute atomic E-state index is 0.138. The lowest BCUT2D eigenvalue weighted by Gasteiger charge is -2.19. The van der Waals surface area contributed by atoms with Gasteiger partial charge in [0.05, 0.1) is 12.2 Å². The molecular formula is C26H25N3O2S. The zero-order valence-corrected chi connectivity index (χ0v) is 18.9. The number of fused-ring (bicyclic) bond motifs is 1. The van der Waals surface area contributed by atoms with Crippen molar-refractivity contribution in [2.45, 2.75) is 20.1 Å². The van der Waals surface area contributed by atoms with Crippen LogP contribution in [0, 0.1) is 6.92 Å². The Morgan fingerprint density at radius 2 is 1.72 bits per heavy atom. The smallest absolute Gasteiger partial charge is 0.224 e. The first-order chi connectivity index (χ1) is 15.5. The standard InChI is InChI=1S/C26H25N3O2S/c1-18-15-24(30)25(31-17-19-9-4-3-5-10-19)23(29(18)2)16-27-26(32)28-22-14-8-12-20-11-6-7-13-21(20)22/h3-15H,16-17H2,1-2H3,(H2,27,28,32). The zero-order chi connectivity index (χ0) is 22.5. The van der Waals surface area contributed by atoms with Crippen LogP contribution in [-0.4, -0.2) is 9.68 Å². The number of anilines is 1. The number of hydrogen-bond acceptors (Lipinski definition) is 3. The minimum Gasteiger partial charge on any atom is -0.483 e. The molecular weight excluding hydrogens is 418 g/mol. The van der Waals surface area contributed by atoms with E-state index in [1.807, 2.05) is 73.1 Å². The molecule has 1 heterocycles. The van der Waals surface area contributed by atoms with E-state index in [0.717, 1.165) is 33.4 Å². The van der Waals surface area contributed by atoms with Gasteiger partial charge in [-0.2, -0.15) is 0 Å². The van der Waals surface area contributed by atoms with Gasteiger partial charge in [0.1, 0.15) is 6.61 Å². The molecule has 6 heteroatoms. The molecule has 0 spiro atoms. The van der Waals surface area contributed by atoms with E-state index >= 15 is 0 Å². The molecule has 0 aliphatic rings. The topological polar surface area (TPSA) is 55.3 Å². The number of hydrogen-bond donors (Lipinski definition) is 2. The van der Waals surface area contributed by atoms with E-state index in [1.54, 1.807) is 6.07 Å². The third-order valence-corrected chi connectivity index (χ3v) is 5.69. The molecule has 32 heavy (non-hydrogen) atoms. The Kier molecular flexibility index (Phi) is 6.52. The van der Waals surface area contributed by atoms with E-state index in [-0.39, 0.29) is 5.43 Å². The molecule has 0 amide bonds. The van der Waals surface area contributed by atoms with Gasteiger partial charge in [-0.1, -0.05) is 66.7 Å². The van der Waals surface area contributed by atoms with E-state index in [2.05, 4.69) is 28.8 Å². The lowest BCUT2D eigenvalue weighted by molar-refractivity contribution is 0.295. The van der Waals surface area contributed by atoms with Gasteiger partial charge in [0.2, 0.25) is 5.43 Å². The van der Waals surface area contributed by atoms with Crippen LogP contribution in [0.15, 0.2) is 83.7 Å². The van der Waals surface area contributed by atoms with Crippen LogP contribution in [0.25, 0.3) is 10.8 Å². The van der Waals surface area contributed by atoms with Crippen molar-refractivity contribution in [1.29, 1.82) is 0 Å². The number of benzene rings is 3. The fourth-order valence-electron chi connectivity index (χ4n) is 3.61. The van der Waals surface area contributed by atoms with E-state index in [9.17, 15) is 4.79 Å². The van der Waals surface area contributed by atoms with Gasteiger partial charge in [0, 0.05) is 29.9 Å². The van der Waals surface area contributed by atoms with Gasteiger partial charge >= 0.3 is 0 Å². The van der Waals surface area contributed by atoms with Gasteiger partial charge < -0.3 is 19.9 Å². The molecule has 3 aromatic carbocycles. The largest absolute Gasteiger partial charge is 0.483 e. The summed E-state index contributed by atoms with van der Waals surface area (Å²) < 4.78 is 7.91. The highest BCUT2D eigenvalue weighted by molar-refractivity contribution is 7.80. The Morgan fingerprint density at radius 3 is 2.53 bits per heavy atom. The number of rotatable bonds is 6. The number of aromatic nitrogens is 1. The molecule has 0 fully saturated rings. The summed E-state index contributed by atoms with van der Waals surface area (Å²) in [5.41, 5.74) is 3.39. The summed E-state index contributed by atoms with van der Waals surface area (Å²) in [6.07, 6.45) is 0. The maximum absolute atomic E-state index is 12.7. The maximum Gasteiger partial charge on any atom is 0.224 e. The third-order valence-electron chi connectivity index (χ3n) is 5.44. The quantitative estimate of drug-likeness (QED) is 0.415. The van der Waals surface area contributed by atoms with Crippen molar-refractivity contribution < 1.29 is 4.74 Å². The predicted molar refractivity (Wildman–Crippen MR) is 134 cm³/mol. The van der Waals surface area contributed by atoms with Crippen LogP contribution < -0.4 is 20.8 Å². The van der Waals surface area contributed by atoms with E-state index in [0.29, 0.717) is 24.0 Å². The molecule has 0 aliphatic heterocycles. The first-order valence-electron chi connectivity index (χ1n) is 10.4. The second-order valence-electron chi connectivity index (χ2n) is 7.59. The van der Waals surface area contributed by atoms with Crippen molar-refractivity contribution in [2.24, 2.45) is 7.05 Å². The monoisotopic (exact) mass is 443 g/mol. The van der Waals surface area contributed by atoms with Crippen LogP contribution in [0.3, 0.4) is 0 Å². The van der Waals surface area contributed by atoms with Crippen LogP contribution in [0.4, 0.5) is 5.69 Å². The second kappa shape index (κ2) is 9.66. The van der Waals surface area contributed by atoms with Crippen molar-refractivity contribution >= 4 is 33.8 Å². The van der Waals surface area contributed by atoms with Crippen molar-refractivity contribution in [1.82, 2.24) is 9.88 Å². The Labute approximate surface area is 192 Å². The number of nitrogens with one attached hydrogen (secondary N) is 2. The molecule has 162 valence electrons. The molecule has 0 saturated heterocycles. The predicted octanol–water partition coefficient (Wildman–Crippen LogP) is 4.91. The second-order valence-corrected chi connectivity index (χ2v) is 8.00. The molecule has 0 bridgehead atoms. The Balaban J connectivity index is 1.51. The van der Waals surface area contributed by atoms with Gasteiger partial charge in [-0.3, -0.25) is 4.79 Å². The first kappa shape index (κ1) is 21.6. The Bertz CT molecular complexity index is 1310. The molecule has 2 N–H and O–H groups in total. The highest BCUT2D eigenvalue weighted by Crippen LogP contribution is 2.23. The van der Waals surface area contributed by atoms with Crippen LogP contribution in [0.5, 0.6) is 5.75 Å². The van der Waals surface area contributed by atoms with Crippen molar-refractivity contribution in [3.05, 3.63) is 106 Å². The van der Waals surface area contributed by atoms with E-state index in [4.69, 9.17) is 17.0 Å². The molecule has 0 unspecified atom stereocenters. The van der Waals surface area contributed by atoms with Gasteiger partial charge in [0.25, 0.3) is 0 Å². The summed E-state index contributed by atoms with van der Waals surface area (Å²) in [5.74, 6) is 0.336. The molecule has 4 rings (SSSR count). The normalized spacial score (nSPS) is 10.7. The Hall–Kier alpha value is -3.64. The molecule has 1 aromatic heterocycles. The third kappa shape index (κ3) is 4.81. The van der Waals surface area contributed by atoms with Gasteiger partial charge in [-0.25, -0.2) is 0 Å². The number of pyridine rings is 1. The molecule has 0 atom stereocenters. The first-order valence-corrected chi connectivity index (χ1v) is 10.8. The summed E-state index contributed by atoms with van der Waals surface area (Å²) in [7, 11) is 1.92. The zero-order valence-electron chi connectivity index (χ0n) is 18.1. The minimum atomic E-state index is -0.138. The van der Waals surface area contributed by atoms with Gasteiger partial charge in [-0.15, -0.1) is 0 Å². The SMILES string of the molecule is Cc1cc(=O)c(OCc2ccccc2)c(CNC(=S)Nc2cccc3ccccc23)n1C.